The van der Waals surface area contributed by atoms with E-state index in [1.807, 2.05) is 0 Å². The smallest absolute Gasteiger partial charge is 0.202 e. The van der Waals surface area contributed by atoms with Gasteiger partial charge in [-0.05, 0) is 12.1 Å². The van der Waals surface area contributed by atoms with Crippen molar-refractivity contribution in [2.24, 2.45) is 0 Å². The molecule has 1 atom stereocenters. The number of aliphatic hydroxyl groups is 1. The molecule has 1 aromatic rings. The lowest BCUT2D eigenvalue weighted by molar-refractivity contribution is 0.201. The normalized spacial score (nSPS) is 19.5. The first-order valence-electron chi connectivity index (χ1n) is 4.20. The van der Waals surface area contributed by atoms with Gasteiger partial charge < -0.3 is 15.2 Å². The minimum absolute atomic E-state index is 0.113. The third kappa shape index (κ3) is 1.39. The van der Waals surface area contributed by atoms with Crippen LogP contribution >= 0.6 is 0 Å². The highest BCUT2D eigenvalue weighted by Gasteiger charge is 2.22. The summed E-state index contributed by atoms with van der Waals surface area (Å²) in [5.41, 5.74) is 0.370. The van der Waals surface area contributed by atoms with Crippen LogP contribution in [0.25, 0.3) is 0 Å². The number of ether oxygens (including phenoxy) is 1. The summed E-state index contributed by atoms with van der Waals surface area (Å²) in [6.45, 7) is 0.0162. The van der Waals surface area contributed by atoms with Crippen LogP contribution in [0.4, 0.5) is 14.5 Å². The second-order valence-electron chi connectivity index (χ2n) is 3.07. The van der Waals surface area contributed by atoms with Gasteiger partial charge in [-0.15, -0.1) is 0 Å². The number of hydrogen-bond acceptors (Lipinski definition) is 3. The second-order valence-corrected chi connectivity index (χ2v) is 3.07. The van der Waals surface area contributed by atoms with Crippen LogP contribution in [0.1, 0.15) is 0 Å². The minimum atomic E-state index is -0.994. The summed E-state index contributed by atoms with van der Waals surface area (Å²) < 4.78 is 30.9. The van der Waals surface area contributed by atoms with Gasteiger partial charge in [-0.3, -0.25) is 0 Å². The molecular formula is C9H9F2NO2. The van der Waals surface area contributed by atoms with Crippen LogP contribution in [-0.2, 0) is 0 Å². The third-order valence-electron chi connectivity index (χ3n) is 2.06. The highest BCUT2D eigenvalue weighted by atomic mass is 19.2. The van der Waals surface area contributed by atoms with Crippen LogP contribution in [0.2, 0.25) is 0 Å². The van der Waals surface area contributed by atoms with E-state index in [1.54, 1.807) is 0 Å². The van der Waals surface area contributed by atoms with Gasteiger partial charge in [0.05, 0.1) is 18.3 Å². The zero-order chi connectivity index (χ0) is 10.1. The average molecular weight is 201 g/mol. The Morgan fingerprint density at radius 2 is 2.29 bits per heavy atom. The van der Waals surface area contributed by atoms with Gasteiger partial charge in [0.1, 0.15) is 6.61 Å². The maximum absolute atomic E-state index is 13.1. The van der Waals surface area contributed by atoms with Gasteiger partial charge >= 0.3 is 0 Å². The van der Waals surface area contributed by atoms with Gasteiger partial charge in [0.15, 0.2) is 11.6 Å². The number of benzene rings is 1. The number of rotatable bonds is 1. The SMILES string of the molecule is OC[C@@H]1COc2c(ccc(F)c2F)N1. The van der Waals surface area contributed by atoms with Crippen LogP contribution in [0.5, 0.6) is 5.75 Å². The molecule has 1 heterocycles. The van der Waals surface area contributed by atoms with Crippen LogP contribution in [0.3, 0.4) is 0 Å². The molecule has 0 radical (unpaired) electrons. The van der Waals surface area contributed by atoms with Gasteiger partial charge in [0.25, 0.3) is 0 Å². The summed E-state index contributed by atoms with van der Waals surface area (Å²) in [6.07, 6.45) is 0. The molecule has 0 amide bonds. The van der Waals surface area contributed by atoms with Crippen molar-refractivity contribution in [2.75, 3.05) is 18.5 Å². The van der Waals surface area contributed by atoms with Crippen molar-refractivity contribution in [3.05, 3.63) is 23.8 Å². The third-order valence-corrected chi connectivity index (χ3v) is 2.06. The van der Waals surface area contributed by atoms with Crippen molar-refractivity contribution in [3.8, 4) is 5.75 Å². The highest BCUT2D eigenvalue weighted by Crippen LogP contribution is 2.32. The van der Waals surface area contributed by atoms with Gasteiger partial charge in [-0.25, -0.2) is 4.39 Å². The lowest BCUT2D eigenvalue weighted by Gasteiger charge is -2.26. The number of nitrogens with one attached hydrogen (secondary N) is 1. The Bertz CT molecular complexity index is 357. The van der Waals surface area contributed by atoms with Crippen molar-refractivity contribution < 1.29 is 18.6 Å². The van der Waals surface area contributed by atoms with E-state index in [0.717, 1.165) is 6.07 Å². The first-order valence-corrected chi connectivity index (χ1v) is 4.20. The quantitative estimate of drug-likeness (QED) is 0.715. The first kappa shape index (κ1) is 9.21. The first-order chi connectivity index (χ1) is 6.72. The number of aliphatic hydroxyl groups excluding tert-OH is 1. The summed E-state index contributed by atoms with van der Waals surface area (Å²) in [5.74, 6) is -2.05. The van der Waals surface area contributed by atoms with E-state index in [-0.39, 0.29) is 25.0 Å². The van der Waals surface area contributed by atoms with E-state index >= 15 is 0 Å². The zero-order valence-corrected chi connectivity index (χ0v) is 7.26. The minimum Gasteiger partial charge on any atom is -0.486 e. The van der Waals surface area contributed by atoms with Crippen molar-refractivity contribution in [2.45, 2.75) is 6.04 Å². The molecule has 0 saturated heterocycles. The Hall–Kier alpha value is -1.36. The van der Waals surface area contributed by atoms with E-state index in [0.29, 0.717) is 5.69 Å². The van der Waals surface area contributed by atoms with Crippen molar-refractivity contribution in [3.63, 3.8) is 0 Å². The predicted molar refractivity (Wildman–Crippen MR) is 46.3 cm³/mol. The topological polar surface area (TPSA) is 41.5 Å². The van der Waals surface area contributed by atoms with Gasteiger partial charge in [0, 0.05) is 0 Å². The highest BCUT2D eigenvalue weighted by molar-refractivity contribution is 5.59. The summed E-state index contributed by atoms with van der Waals surface area (Å²) in [6, 6.07) is 2.13. The fourth-order valence-electron chi connectivity index (χ4n) is 1.33. The molecule has 2 N–H and O–H groups in total. The molecule has 3 nitrogen and oxygen atoms in total. The Kier molecular flexibility index (Phi) is 2.25. The maximum Gasteiger partial charge on any atom is 0.202 e. The summed E-state index contributed by atoms with van der Waals surface area (Å²) >= 11 is 0. The van der Waals surface area contributed by atoms with Crippen LogP contribution < -0.4 is 10.1 Å². The van der Waals surface area contributed by atoms with E-state index in [1.165, 1.54) is 6.07 Å². The fraction of sp³-hybridized carbons (Fsp3) is 0.333. The molecular weight excluding hydrogens is 192 g/mol. The van der Waals surface area contributed by atoms with Crippen molar-refractivity contribution in [1.82, 2.24) is 0 Å². The molecule has 1 aromatic carbocycles. The Morgan fingerprint density at radius 1 is 1.50 bits per heavy atom. The molecule has 76 valence electrons. The molecule has 1 aliphatic heterocycles. The van der Waals surface area contributed by atoms with E-state index in [2.05, 4.69) is 5.32 Å². The Balaban J connectivity index is 2.36. The van der Waals surface area contributed by atoms with E-state index < -0.39 is 11.6 Å². The molecule has 14 heavy (non-hydrogen) atoms. The number of halogens is 2. The maximum atomic E-state index is 13.1. The summed E-state index contributed by atoms with van der Waals surface area (Å²) in [4.78, 5) is 0. The Labute approximate surface area is 79.3 Å². The molecule has 0 unspecified atom stereocenters. The van der Waals surface area contributed by atoms with Crippen LogP contribution in [0.15, 0.2) is 12.1 Å². The molecule has 0 bridgehead atoms. The fourth-order valence-corrected chi connectivity index (χ4v) is 1.33. The Morgan fingerprint density at radius 3 is 3.00 bits per heavy atom. The van der Waals surface area contributed by atoms with Gasteiger partial charge in [-0.1, -0.05) is 0 Å². The van der Waals surface area contributed by atoms with Crippen LogP contribution in [-0.4, -0.2) is 24.4 Å². The standard InChI is InChI=1S/C9H9F2NO2/c10-6-1-2-7-9(8(6)11)14-4-5(3-13)12-7/h1-2,5,12-13H,3-4H2/t5-/m1/s1. The summed E-state index contributed by atoms with van der Waals surface area (Å²) in [5, 5.41) is 11.7. The van der Waals surface area contributed by atoms with E-state index in [4.69, 9.17) is 9.84 Å². The monoisotopic (exact) mass is 201 g/mol. The molecule has 1 aliphatic rings. The number of anilines is 1. The summed E-state index contributed by atoms with van der Waals surface area (Å²) in [7, 11) is 0. The molecule has 0 spiro atoms. The predicted octanol–water partition coefficient (Wildman–Crippen LogP) is 1.13. The van der Waals surface area contributed by atoms with Crippen molar-refractivity contribution in [1.29, 1.82) is 0 Å². The molecule has 0 aliphatic carbocycles. The largest absolute Gasteiger partial charge is 0.486 e. The second kappa shape index (κ2) is 3.42. The molecule has 2 rings (SSSR count). The lowest BCUT2D eigenvalue weighted by atomic mass is 10.2. The molecule has 0 aromatic heterocycles. The van der Waals surface area contributed by atoms with E-state index in [9.17, 15) is 8.78 Å². The van der Waals surface area contributed by atoms with Gasteiger partial charge in [-0.2, -0.15) is 4.39 Å². The van der Waals surface area contributed by atoms with Gasteiger partial charge in [0.2, 0.25) is 5.82 Å². The average Bonchev–Trinajstić information content (AvgIpc) is 2.23. The molecule has 0 saturated carbocycles. The molecule has 0 fully saturated rings. The number of fused-ring (bicyclic) bond motifs is 1. The molecule has 5 heteroatoms. The lowest BCUT2D eigenvalue weighted by Crippen LogP contribution is -2.34. The zero-order valence-electron chi connectivity index (χ0n) is 7.26. The van der Waals surface area contributed by atoms with Crippen LogP contribution in [0, 0.1) is 11.6 Å². The number of hydrogen-bond donors (Lipinski definition) is 2. The van der Waals surface area contributed by atoms with Crippen molar-refractivity contribution >= 4 is 5.69 Å².